The summed E-state index contributed by atoms with van der Waals surface area (Å²) in [6.07, 6.45) is 7.33. The fourth-order valence-corrected chi connectivity index (χ4v) is 2.61. The highest BCUT2D eigenvalue weighted by Crippen LogP contribution is 2.30. The van der Waals surface area contributed by atoms with Crippen LogP contribution in [-0.4, -0.2) is 14.7 Å². The zero-order valence-corrected chi connectivity index (χ0v) is 10.6. The average Bonchev–Trinajstić information content (AvgIpc) is 2.98. The molecule has 0 aromatic carbocycles. The van der Waals surface area contributed by atoms with Gasteiger partial charge in [0.2, 0.25) is 5.89 Å². The Morgan fingerprint density at radius 1 is 1.56 bits per heavy atom. The number of hydrogen-bond acceptors (Lipinski definition) is 3. The number of rotatable bonds is 3. The summed E-state index contributed by atoms with van der Waals surface area (Å²) in [6.45, 7) is 2.71. The van der Waals surface area contributed by atoms with Crippen molar-refractivity contribution >= 4 is 0 Å². The molecule has 1 N–H and O–H groups in total. The summed E-state index contributed by atoms with van der Waals surface area (Å²) in [4.78, 5) is 4.28. The first-order valence-corrected chi connectivity index (χ1v) is 6.57. The molecule has 0 aliphatic heterocycles. The van der Waals surface area contributed by atoms with Crippen molar-refractivity contribution in [3.63, 3.8) is 0 Å². The first-order chi connectivity index (χ1) is 8.78. The Hall–Kier alpha value is -1.55. The van der Waals surface area contributed by atoms with Gasteiger partial charge in [0.05, 0.1) is 18.8 Å². The van der Waals surface area contributed by atoms with Crippen molar-refractivity contribution in [3.8, 4) is 0 Å². The van der Waals surface area contributed by atoms with Gasteiger partial charge in [-0.3, -0.25) is 0 Å². The van der Waals surface area contributed by atoms with Gasteiger partial charge >= 0.3 is 0 Å². The van der Waals surface area contributed by atoms with E-state index in [1.165, 1.54) is 5.69 Å². The molecule has 0 amide bonds. The maximum atomic E-state index is 9.93. The van der Waals surface area contributed by atoms with E-state index < -0.39 is 0 Å². The van der Waals surface area contributed by atoms with E-state index in [4.69, 9.17) is 4.42 Å². The summed E-state index contributed by atoms with van der Waals surface area (Å²) >= 11 is 0. The predicted octanol–water partition coefficient (Wildman–Crippen LogP) is 2.46. The van der Waals surface area contributed by atoms with Gasteiger partial charge in [-0.25, -0.2) is 4.98 Å². The minimum Gasteiger partial charge on any atom is -0.444 e. The summed E-state index contributed by atoms with van der Waals surface area (Å²) in [5.74, 6) is 1.66. The minimum absolute atomic E-state index is 0.300. The quantitative estimate of drug-likeness (QED) is 0.905. The molecule has 96 valence electrons. The Morgan fingerprint density at radius 3 is 3.22 bits per heavy atom. The van der Waals surface area contributed by atoms with Gasteiger partial charge in [0, 0.05) is 23.9 Å². The standard InChI is InChI=1S/C14H18N2O2/c1-2-10-8-15-14(18-10)9-16-7-6-11-12(16)4-3-5-13(11)17/h6-8,13,17H,2-5,9H2,1H3. The average molecular weight is 246 g/mol. The van der Waals surface area contributed by atoms with Crippen molar-refractivity contribution in [2.45, 2.75) is 45.3 Å². The van der Waals surface area contributed by atoms with Crippen LogP contribution in [0.2, 0.25) is 0 Å². The van der Waals surface area contributed by atoms with Crippen LogP contribution in [0.1, 0.15) is 48.8 Å². The third-order valence-corrected chi connectivity index (χ3v) is 3.62. The Morgan fingerprint density at radius 2 is 2.44 bits per heavy atom. The van der Waals surface area contributed by atoms with Gasteiger partial charge in [-0.2, -0.15) is 0 Å². The number of aliphatic hydroxyl groups excluding tert-OH is 1. The molecule has 2 aromatic rings. The highest BCUT2D eigenvalue weighted by atomic mass is 16.4. The smallest absolute Gasteiger partial charge is 0.214 e. The molecule has 0 fully saturated rings. The maximum absolute atomic E-state index is 9.93. The molecule has 0 saturated heterocycles. The van der Waals surface area contributed by atoms with Crippen LogP contribution >= 0.6 is 0 Å². The van der Waals surface area contributed by atoms with Gasteiger partial charge in [-0.15, -0.1) is 0 Å². The van der Waals surface area contributed by atoms with Crippen molar-refractivity contribution in [1.82, 2.24) is 9.55 Å². The first-order valence-electron chi connectivity index (χ1n) is 6.57. The van der Waals surface area contributed by atoms with E-state index in [-0.39, 0.29) is 6.10 Å². The summed E-state index contributed by atoms with van der Waals surface area (Å²) in [7, 11) is 0. The molecule has 1 unspecified atom stereocenters. The molecule has 3 rings (SSSR count). The van der Waals surface area contributed by atoms with Crippen LogP contribution in [0.3, 0.4) is 0 Å². The Balaban J connectivity index is 1.85. The van der Waals surface area contributed by atoms with Gasteiger partial charge in [-0.1, -0.05) is 6.92 Å². The molecule has 0 spiro atoms. The highest BCUT2D eigenvalue weighted by Gasteiger charge is 2.21. The molecule has 0 saturated carbocycles. The van der Waals surface area contributed by atoms with E-state index in [2.05, 4.69) is 16.5 Å². The number of hydrogen-bond donors (Lipinski definition) is 1. The molecule has 0 bridgehead atoms. The Labute approximate surface area is 106 Å². The molecule has 1 aliphatic rings. The number of fused-ring (bicyclic) bond motifs is 1. The molecule has 4 heteroatoms. The fraction of sp³-hybridized carbons (Fsp3) is 0.500. The van der Waals surface area contributed by atoms with E-state index in [9.17, 15) is 5.11 Å². The number of aromatic nitrogens is 2. The lowest BCUT2D eigenvalue weighted by Gasteiger charge is -2.19. The number of aliphatic hydroxyl groups is 1. The largest absolute Gasteiger partial charge is 0.444 e. The van der Waals surface area contributed by atoms with Gasteiger partial charge in [-0.05, 0) is 25.3 Å². The second-order valence-electron chi connectivity index (χ2n) is 4.83. The van der Waals surface area contributed by atoms with Crippen LogP contribution in [-0.2, 0) is 19.4 Å². The van der Waals surface area contributed by atoms with Crippen LogP contribution in [0.25, 0.3) is 0 Å². The SMILES string of the molecule is CCc1cnc(Cn2ccc3c2CCCC3O)o1. The normalized spacial score (nSPS) is 18.9. The lowest BCUT2D eigenvalue weighted by atomic mass is 9.95. The molecule has 1 aliphatic carbocycles. The maximum Gasteiger partial charge on any atom is 0.214 e. The minimum atomic E-state index is -0.300. The van der Waals surface area contributed by atoms with E-state index in [1.54, 1.807) is 6.20 Å². The van der Waals surface area contributed by atoms with Crippen molar-refractivity contribution in [2.24, 2.45) is 0 Å². The highest BCUT2D eigenvalue weighted by molar-refractivity contribution is 5.27. The van der Waals surface area contributed by atoms with Crippen molar-refractivity contribution in [2.75, 3.05) is 0 Å². The van der Waals surface area contributed by atoms with Crippen molar-refractivity contribution in [3.05, 3.63) is 41.4 Å². The zero-order chi connectivity index (χ0) is 12.5. The first kappa shape index (κ1) is 11.5. The van der Waals surface area contributed by atoms with Crippen molar-refractivity contribution in [1.29, 1.82) is 0 Å². The molecule has 2 aromatic heterocycles. The topological polar surface area (TPSA) is 51.2 Å². The lowest BCUT2D eigenvalue weighted by molar-refractivity contribution is 0.155. The van der Waals surface area contributed by atoms with Crippen LogP contribution < -0.4 is 0 Å². The van der Waals surface area contributed by atoms with Gasteiger partial charge in [0.15, 0.2) is 0 Å². The molecule has 1 atom stereocenters. The molecule has 0 radical (unpaired) electrons. The number of oxazole rings is 1. The fourth-order valence-electron chi connectivity index (χ4n) is 2.61. The van der Waals surface area contributed by atoms with E-state index in [0.29, 0.717) is 6.54 Å². The second-order valence-corrected chi connectivity index (χ2v) is 4.83. The monoisotopic (exact) mass is 246 g/mol. The van der Waals surface area contributed by atoms with Crippen molar-refractivity contribution < 1.29 is 9.52 Å². The molecule has 4 nitrogen and oxygen atoms in total. The summed E-state index contributed by atoms with van der Waals surface area (Å²) in [5, 5.41) is 9.93. The lowest BCUT2D eigenvalue weighted by Crippen LogP contribution is -2.12. The van der Waals surface area contributed by atoms with E-state index in [1.807, 2.05) is 12.3 Å². The molecule has 2 heterocycles. The Bertz CT molecular complexity index is 542. The Kier molecular flexibility index (Phi) is 2.96. The predicted molar refractivity (Wildman–Crippen MR) is 67.3 cm³/mol. The van der Waals surface area contributed by atoms with E-state index >= 15 is 0 Å². The summed E-state index contributed by atoms with van der Waals surface area (Å²) < 4.78 is 7.77. The van der Waals surface area contributed by atoms with Crippen LogP contribution in [0, 0.1) is 0 Å². The molecule has 18 heavy (non-hydrogen) atoms. The van der Waals surface area contributed by atoms with Gasteiger partial charge in [0.1, 0.15) is 5.76 Å². The number of aryl methyl sites for hydroxylation is 1. The van der Waals surface area contributed by atoms with Gasteiger partial charge in [0.25, 0.3) is 0 Å². The summed E-state index contributed by atoms with van der Waals surface area (Å²) in [5.41, 5.74) is 2.30. The second kappa shape index (κ2) is 4.61. The molecular weight excluding hydrogens is 228 g/mol. The molecular formula is C14H18N2O2. The van der Waals surface area contributed by atoms with E-state index in [0.717, 1.165) is 42.9 Å². The third kappa shape index (κ3) is 1.97. The summed E-state index contributed by atoms with van der Waals surface area (Å²) in [6, 6.07) is 2.02. The van der Waals surface area contributed by atoms with Crippen LogP contribution in [0.4, 0.5) is 0 Å². The number of nitrogens with zero attached hydrogens (tertiary/aromatic N) is 2. The van der Waals surface area contributed by atoms with Gasteiger partial charge < -0.3 is 14.1 Å². The van der Waals surface area contributed by atoms with Crippen LogP contribution in [0.5, 0.6) is 0 Å². The zero-order valence-electron chi connectivity index (χ0n) is 10.6. The van der Waals surface area contributed by atoms with Crippen LogP contribution in [0.15, 0.2) is 22.9 Å². The third-order valence-electron chi connectivity index (χ3n) is 3.62.